The third kappa shape index (κ3) is 2.86. The minimum absolute atomic E-state index is 0.0601. The summed E-state index contributed by atoms with van der Waals surface area (Å²) in [5.41, 5.74) is 2.34. The van der Waals surface area contributed by atoms with E-state index < -0.39 is 11.5 Å². The molecular formula is C22H22O2. The minimum Gasteiger partial charge on any atom is -0.396 e. The van der Waals surface area contributed by atoms with Crippen molar-refractivity contribution in [3.05, 3.63) is 108 Å². The third-order valence-electron chi connectivity index (χ3n) is 4.59. The minimum atomic E-state index is -0.741. The lowest BCUT2D eigenvalue weighted by Gasteiger charge is -2.40. The second-order valence-corrected chi connectivity index (χ2v) is 5.93. The van der Waals surface area contributed by atoms with Gasteiger partial charge < -0.3 is 10.2 Å². The van der Waals surface area contributed by atoms with Crippen LogP contribution in [0.4, 0.5) is 0 Å². The van der Waals surface area contributed by atoms with Crippen molar-refractivity contribution in [1.29, 1.82) is 0 Å². The van der Waals surface area contributed by atoms with Crippen molar-refractivity contribution in [3.8, 4) is 0 Å². The SMILES string of the molecule is OCCC(O)C(c1ccccc1)(c1ccccc1)c1ccccc1. The summed E-state index contributed by atoms with van der Waals surface area (Å²) in [6, 6.07) is 30.1. The van der Waals surface area contributed by atoms with Gasteiger partial charge in [0, 0.05) is 6.61 Å². The van der Waals surface area contributed by atoms with Gasteiger partial charge in [0.25, 0.3) is 0 Å². The number of hydrogen-bond donors (Lipinski definition) is 2. The highest BCUT2D eigenvalue weighted by atomic mass is 16.3. The van der Waals surface area contributed by atoms with E-state index in [9.17, 15) is 10.2 Å². The zero-order valence-electron chi connectivity index (χ0n) is 13.5. The molecule has 0 radical (unpaired) electrons. The molecule has 2 nitrogen and oxygen atoms in total. The van der Waals surface area contributed by atoms with E-state index in [2.05, 4.69) is 0 Å². The van der Waals surface area contributed by atoms with Crippen LogP contribution < -0.4 is 0 Å². The number of aliphatic hydroxyl groups is 2. The van der Waals surface area contributed by atoms with E-state index in [0.29, 0.717) is 6.42 Å². The first-order chi connectivity index (χ1) is 11.8. The van der Waals surface area contributed by atoms with Gasteiger partial charge >= 0.3 is 0 Å². The molecule has 3 aromatic carbocycles. The molecule has 0 amide bonds. The van der Waals surface area contributed by atoms with Crippen LogP contribution in [-0.2, 0) is 5.41 Å². The van der Waals surface area contributed by atoms with Crippen LogP contribution in [0.15, 0.2) is 91.0 Å². The predicted octanol–water partition coefficient (Wildman–Crippen LogP) is 3.76. The van der Waals surface area contributed by atoms with Gasteiger partial charge in [-0.25, -0.2) is 0 Å². The fourth-order valence-corrected chi connectivity index (χ4v) is 3.52. The molecule has 1 unspecified atom stereocenters. The van der Waals surface area contributed by atoms with Gasteiger partial charge in [-0.15, -0.1) is 0 Å². The smallest absolute Gasteiger partial charge is 0.0740 e. The first kappa shape index (κ1) is 16.4. The van der Waals surface area contributed by atoms with Crippen LogP contribution in [0.1, 0.15) is 23.1 Å². The summed E-state index contributed by atoms with van der Waals surface area (Å²) in [5.74, 6) is 0. The lowest BCUT2D eigenvalue weighted by Crippen LogP contribution is -2.42. The molecule has 0 spiro atoms. The van der Waals surface area contributed by atoms with Crippen LogP contribution in [0.2, 0.25) is 0 Å². The van der Waals surface area contributed by atoms with E-state index in [0.717, 1.165) is 16.7 Å². The monoisotopic (exact) mass is 318 g/mol. The van der Waals surface area contributed by atoms with Gasteiger partial charge in [0.15, 0.2) is 0 Å². The molecule has 0 saturated heterocycles. The molecule has 0 heterocycles. The Morgan fingerprint density at radius 3 is 1.25 bits per heavy atom. The van der Waals surface area contributed by atoms with Gasteiger partial charge in [-0.1, -0.05) is 91.0 Å². The molecule has 0 aliphatic carbocycles. The average Bonchev–Trinajstić information content (AvgIpc) is 2.65. The molecule has 0 aliphatic rings. The van der Waals surface area contributed by atoms with E-state index >= 15 is 0 Å². The standard InChI is InChI=1S/C22H22O2/c23-17-16-21(24)22(18-10-4-1-5-11-18,19-12-6-2-7-13-19)20-14-8-3-9-15-20/h1-15,21,23-24H,16-17H2. The zero-order valence-corrected chi connectivity index (χ0v) is 13.5. The maximum atomic E-state index is 11.2. The Kier molecular flexibility index (Phi) is 5.09. The van der Waals surface area contributed by atoms with Gasteiger partial charge in [-0.3, -0.25) is 0 Å². The summed E-state index contributed by atoms with van der Waals surface area (Å²) in [7, 11) is 0. The van der Waals surface area contributed by atoms with Crippen molar-refractivity contribution >= 4 is 0 Å². The Morgan fingerprint density at radius 2 is 0.958 bits per heavy atom. The Morgan fingerprint density at radius 1 is 0.625 bits per heavy atom. The van der Waals surface area contributed by atoms with Crippen LogP contribution in [0.25, 0.3) is 0 Å². The number of hydrogen-bond acceptors (Lipinski definition) is 2. The van der Waals surface area contributed by atoms with Gasteiger partial charge in [-0.2, -0.15) is 0 Å². The molecule has 2 heteroatoms. The Labute approximate surface area is 143 Å². The molecule has 122 valence electrons. The molecule has 0 fully saturated rings. The summed E-state index contributed by atoms with van der Waals surface area (Å²) in [4.78, 5) is 0. The second kappa shape index (κ2) is 7.43. The summed E-state index contributed by atoms with van der Waals surface area (Å²) in [6.07, 6.45) is -0.437. The van der Waals surface area contributed by atoms with Crippen LogP contribution in [0, 0.1) is 0 Å². The molecule has 3 aromatic rings. The fourth-order valence-electron chi connectivity index (χ4n) is 3.52. The van der Waals surface area contributed by atoms with Gasteiger partial charge in [0.1, 0.15) is 0 Å². The molecule has 24 heavy (non-hydrogen) atoms. The molecule has 2 N–H and O–H groups in total. The number of rotatable bonds is 6. The van der Waals surface area contributed by atoms with E-state index in [1.807, 2.05) is 91.0 Å². The Hall–Kier alpha value is -2.42. The first-order valence-electron chi connectivity index (χ1n) is 8.25. The summed E-state index contributed by atoms with van der Waals surface area (Å²) in [5, 5.41) is 20.6. The van der Waals surface area contributed by atoms with Gasteiger partial charge in [0.2, 0.25) is 0 Å². The van der Waals surface area contributed by atoms with E-state index in [-0.39, 0.29) is 6.61 Å². The lowest BCUT2D eigenvalue weighted by molar-refractivity contribution is 0.0897. The predicted molar refractivity (Wildman–Crippen MR) is 96.9 cm³/mol. The van der Waals surface area contributed by atoms with Crippen molar-refractivity contribution in [3.63, 3.8) is 0 Å². The second-order valence-electron chi connectivity index (χ2n) is 5.93. The highest BCUT2D eigenvalue weighted by Crippen LogP contribution is 2.43. The third-order valence-corrected chi connectivity index (χ3v) is 4.59. The number of benzene rings is 3. The molecular weight excluding hydrogens is 296 g/mol. The largest absolute Gasteiger partial charge is 0.396 e. The van der Waals surface area contributed by atoms with Gasteiger partial charge in [0.05, 0.1) is 11.5 Å². The van der Waals surface area contributed by atoms with E-state index in [1.165, 1.54) is 0 Å². The highest BCUT2D eigenvalue weighted by molar-refractivity contribution is 5.51. The molecule has 0 bridgehead atoms. The van der Waals surface area contributed by atoms with Crippen molar-refractivity contribution in [2.75, 3.05) is 6.61 Å². The van der Waals surface area contributed by atoms with E-state index in [1.54, 1.807) is 0 Å². The van der Waals surface area contributed by atoms with Crippen LogP contribution in [0.3, 0.4) is 0 Å². The van der Waals surface area contributed by atoms with Crippen molar-refractivity contribution in [2.24, 2.45) is 0 Å². The zero-order chi connectivity index (χ0) is 16.8. The fraction of sp³-hybridized carbons (Fsp3) is 0.182. The molecule has 1 atom stereocenters. The normalized spacial score (nSPS) is 12.8. The maximum Gasteiger partial charge on any atom is 0.0740 e. The molecule has 0 aromatic heterocycles. The van der Waals surface area contributed by atoms with Crippen molar-refractivity contribution < 1.29 is 10.2 Å². The van der Waals surface area contributed by atoms with E-state index in [4.69, 9.17) is 0 Å². The quantitative estimate of drug-likeness (QED) is 0.679. The molecule has 0 saturated carbocycles. The summed E-state index contributed by atoms with van der Waals surface area (Å²) >= 11 is 0. The van der Waals surface area contributed by atoms with Crippen LogP contribution >= 0.6 is 0 Å². The first-order valence-corrected chi connectivity index (χ1v) is 8.25. The summed E-state index contributed by atoms with van der Waals surface area (Å²) < 4.78 is 0. The average molecular weight is 318 g/mol. The van der Waals surface area contributed by atoms with Crippen LogP contribution in [-0.4, -0.2) is 22.9 Å². The lowest BCUT2D eigenvalue weighted by atomic mass is 9.65. The molecule has 3 rings (SSSR count). The highest BCUT2D eigenvalue weighted by Gasteiger charge is 2.42. The van der Waals surface area contributed by atoms with Gasteiger partial charge in [-0.05, 0) is 23.1 Å². The van der Waals surface area contributed by atoms with Crippen molar-refractivity contribution in [1.82, 2.24) is 0 Å². The topological polar surface area (TPSA) is 40.5 Å². The summed E-state index contributed by atoms with van der Waals surface area (Å²) in [6.45, 7) is -0.0601. The number of aliphatic hydroxyl groups excluding tert-OH is 2. The maximum absolute atomic E-state index is 11.2. The Bertz CT molecular complexity index is 642. The Balaban J connectivity index is 2.33. The van der Waals surface area contributed by atoms with Crippen molar-refractivity contribution in [2.45, 2.75) is 17.9 Å². The molecule has 0 aliphatic heterocycles. The van der Waals surface area contributed by atoms with Crippen LogP contribution in [0.5, 0.6) is 0 Å².